The summed E-state index contributed by atoms with van der Waals surface area (Å²) in [5.74, 6) is -0.302. The maximum absolute atomic E-state index is 12.5. The Hall–Kier alpha value is -1.40. The van der Waals surface area contributed by atoms with Gasteiger partial charge in [-0.15, -0.1) is 0 Å². The molecule has 0 saturated carbocycles. The summed E-state index contributed by atoms with van der Waals surface area (Å²) in [5, 5.41) is 2.92. The monoisotopic (exact) mass is 340 g/mol. The van der Waals surface area contributed by atoms with Crippen LogP contribution in [0.15, 0.2) is 24.3 Å². The first-order valence-corrected chi connectivity index (χ1v) is 9.61. The van der Waals surface area contributed by atoms with E-state index in [1.54, 1.807) is 0 Å². The zero-order valence-electron chi connectivity index (χ0n) is 14.8. The molecular formula is C17H28N2O3S. The average molecular weight is 340 g/mol. The van der Waals surface area contributed by atoms with E-state index >= 15 is 0 Å². The molecule has 1 rings (SSSR count). The number of sulfonamides is 1. The molecule has 0 fully saturated rings. The van der Waals surface area contributed by atoms with Crippen LogP contribution in [-0.2, 0) is 21.2 Å². The van der Waals surface area contributed by atoms with Crippen LogP contribution < -0.4 is 10.0 Å². The average Bonchev–Trinajstić information content (AvgIpc) is 2.36. The van der Waals surface area contributed by atoms with Crippen molar-refractivity contribution in [2.45, 2.75) is 53.1 Å². The first-order chi connectivity index (χ1) is 10.4. The van der Waals surface area contributed by atoms with Gasteiger partial charge in [-0.3, -0.25) is 4.79 Å². The molecule has 0 bridgehead atoms. The molecule has 0 aliphatic carbocycles. The van der Waals surface area contributed by atoms with Crippen LogP contribution in [0.25, 0.3) is 0 Å². The summed E-state index contributed by atoms with van der Waals surface area (Å²) in [6, 6.07) is 7.13. The van der Waals surface area contributed by atoms with Crippen molar-refractivity contribution in [2.75, 3.05) is 6.26 Å². The van der Waals surface area contributed by atoms with Crippen LogP contribution in [0.4, 0.5) is 0 Å². The minimum absolute atomic E-state index is 0.0881. The van der Waals surface area contributed by atoms with Crippen LogP contribution in [0.2, 0.25) is 0 Å². The topological polar surface area (TPSA) is 75.3 Å². The molecule has 5 nitrogen and oxygen atoms in total. The molecule has 23 heavy (non-hydrogen) atoms. The van der Waals surface area contributed by atoms with Crippen LogP contribution in [-0.4, -0.2) is 32.7 Å². The predicted octanol–water partition coefficient (Wildman–Crippen LogP) is 2.01. The molecule has 130 valence electrons. The predicted molar refractivity (Wildman–Crippen MR) is 93.7 cm³/mol. The van der Waals surface area contributed by atoms with E-state index in [1.165, 1.54) is 11.1 Å². The lowest BCUT2D eigenvalue weighted by Crippen LogP contribution is -2.55. The number of aryl methyl sites for hydroxylation is 1. The molecule has 0 spiro atoms. The fourth-order valence-corrected chi connectivity index (χ4v) is 3.27. The van der Waals surface area contributed by atoms with E-state index in [9.17, 15) is 13.2 Å². The molecule has 0 saturated heterocycles. The second kappa shape index (κ2) is 7.45. The molecular weight excluding hydrogens is 312 g/mol. The van der Waals surface area contributed by atoms with Gasteiger partial charge < -0.3 is 5.32 Å². The second-order valence-electron chi connectivity index (χ2n) is 7.23. The highest BCUT2D eigenvalue weighted by Gasteiger charge is 2.34. The Labute approximate surface area is 139 Å². The van der Waals surface area contributed by atoms with Crippen molar-refractivity contribution in [1.29, 1.82) is 0 Å². The molecule has 0 aliphatic rings. The molecule has 2 N–H and O–H groups in total. The van der Waals surface area contributed by atoms with Gasteiger partial charge >= 0.3 is 0 Å². The highest BCUT2D eigenvalue weighted by Crippen LogP contribution is 2.20. The number of hydrogen-bond donors (Lipinski definition) is 2. The van der Waals surface area contributed by atoms with Crippen molar-refractivity contribution in [1.82, 2.24) is 10.0 Å². The number of carbonyl (C=O) groups excluding carboxylic acids is 1. The standard InChI is InChI=1S/C17H28N2O3S/c1-12-9-7-8-10-14(12)11-13(2)18-16(20)15(17(3,4)5)19-23(6,21)22/h7-10,13,15,19H,11H2,1-6H3,(H,18,20)/t13-,15+/m0/s1. The van der Waals surface area contributed by atoms with Crippen LogP contribution in [0, 0.1) is 12.3 Å². The first kappa shape index (κ1) is 19.6. The summed E-state index contributed by atoms with van der Waals surface area (Å²) in [4.78, 5) is 12.5. The molecule has 1 aromatic rings. The van der Waals surface area contributed by atoms with Gasteiger partial charge in [0.05, 0.1) is 6.26 Å². The van der Waals surface area contributed by atoms with Crippen LogP contribution in [0.1, 0.15) is 38.8 Å². The number of rotatable bonds is 6. The Morgan fingerprint density at radius 3 is 2.26 bits per heavy atom. The van der Waals surface area contributed by atoms with Crippen molar-refractivity contribution in [3.8, 4) is 0 Å². The lowest BCUT2D eigenvalue weighted by molar-refractivity contribution is -0.125. The minimum Gasteiger partial charge on any atom is -0.352 e. The van der Waals surface area contributed by atoms with E-state index in [0.29, 0.717) is 6.42 Å². The van der Waals surface area contributed by atoms with Gasteiger partial charge in [-0.25, -0.2) is 13.1 Å². The molecule has 1 aromatic carbocycles. The van der Waals surface area contributed by atoms with Gasteiger partial charge in [0, 0.05) is 6.04 Å². The van der Waals surface area contributed by atoms with Crippen LogP contribution >= 0.6 is 0 Å². The maximum Gasteiger partial charge on any atom is 0.238 e. The first-order valence-electron chi connectivity index (χ1n) is 7.72. The van der Waals surface area contributed by atoms with Gasteiger partial charge in [-0.1, -0.05) is 45.0 Å². The van der Waals surface area contributed by atoms with E-state index in [0.717, 1.165) is 6.26 Å². The normalized spacial score (nSPS) is 15.0. The van der Waals surface area contributed by atoms with E-state index < -0.39 is 21.5 Å². The van der Waals surface area contributed by atoms with E-state index in [4.69, 9.17) is 0 Å². The Kier molecular flexibility index (Phi) is 6.36. The fourth-order valence-electron chi connectivity index (χ4n) is 2.38. The lowest BCUT2D eigenvalue weighted by atomic mass is 9.86. The van der Waals surface area contributed by atoms with Crippen molar-refractivity contribution in [3.05, 3.63) is 35.4 Å². The Morgan fingerprint density at radius 2 is 1.78 bits per heavy atom. The Balaban J connectivity index is 2.80. The zero-order chi connectivity index (χ0) is 17.8. The van der Waals surface area contributed by atoms with Crippen LogP contribution in [0.3, 0.4) is 0 Å². The largest absolute Gasteiger partial charge is 0.352 e. The lowest BCUT2D eigenvalue weighted by Gasteiger charge is -2.30. The van der Waals surface area contributed by atoms with Crippen LogP contribution in [0.5, 0.6) is 0 Å². The third kappa shape index (κ3) is 6.71. The van der Waals surface area contributed by atoms with Gasteiger partial charge in [-0.2, -0.15) is 0 Å². The van der Waals surface area contributed by atoms with Crippen molar-refractivity contribution >= 4 is 15.9 Å². The maximum atomic E-state index is 12.5. The summed E-state index contributed by atoms with van der Waals surface area (Å²) < 4.78 is 25.5. The second-order valence-corrected chi connectivity index (χ2v) is 9.01. The highest BCUT2D eigenvalue weighted by atomic mass is 32.2. The molecule has 1 amide bonds. The molecule has 0 aliphatic heterocycles. The molecule has 2 atom stereocenters. The third-order valence-corrected chi connectivity index (χ3v) is 4.30. The molecule has 6 heteroatoms. The minimum atomic E-state index is -3.46. The van der Waals surface area contributed by atoms with E-state index in [2.05, 4.69) is 10.0 Å². The van der Waals surface area contributed by atoms with Gasteiger partial charge in [-0.05, 0) is 36.8 Å². The highest BCUT2D eigenvalue weighted by molar-refractivity contribution is 7.88. The van der Waals surface area contributed by atoms with Gasteiger partial charge in [0.2, 0.25) is 15.9 Å². The molecule has 0 unspecified atom stereocenters. The summed E-state index contributed by atoms with van der Waals surface area (Å²) in [7, 11) is -3.46. The number of hydrogen-bond acceptors (Lipinski definition) is 3. The van der Waals surface area contributed by atoms with Gasteiger partial charge in [0.25, 0.3) is 0 Å². The quantitative estimate of drug-likeness (QED) is 0.832. The summed E-state index contributed by atoms with van der Waals surface area (Å²) in [6.45, 7) is 9.46. The Bertz CT molecular complexity index is 648. The Morgan fingerprint density at radius 1 is 1.22 bits per heavy atom. The SMILES string of the molecule is Cc1ccccc1C[C@H](C)NC(=O)[C@@H](NS(C)(=O)=O)C(C)(C)C. The van der Waals surface area contributed by atoms with Crippen molar-refractivity contribution in [3.63, 3.8) is 0 Å². The summed E-state index contributed by atoms with van der Waals surface area (Å²) in [6.07, 6.45) is 1.77. The van der Waals surface area contributed by atoms with Crippen molar-refractivity contribution in [2.24, 2.45) is 5.41 Å². The smallest absolute Gasteiger partial charge is 0.238 e. The summed E-state index contributed by atoms with van der Waals surface area (Å²) >= 11 is 0. The zero-order valence-corrected chi connectivity index (χ0v) is 15.6. The van der Waals surface area contributed by atoms with E-state index in [1.807, 2.05) is 58.9 Å². The molecule has 0 aromatic heterocycles. The molecule has 0 heterocycles. The summed E-state index contributed by atoms with van der Waals surface area (Å²) in [5.41, 5.74) is 1.83. The molecule has 0 radical (unpaired) electrons. The van der Waals surface area contributed by atoms with Crippen molar-refractivity contribution < 1.29 is 13.2 Å². The van der Waals surface area contributed by atoms with Gasteiger partial charge in [0.15, 0.2) is 0 Å². The number of carbonyl (C=O) groups is 1. The third-order valence-electron chi connectivity index (χ3n) is 3.64. The number of benzene rings is 1. The number of nitrogens with one attached hydrogen (secondary N) is 2. The van der Waals surface area contributed by atoms with E-state index in [-0.39, 0.29) is 11.9 Å². The van der Waals surface area contributed by atoms with Gasteiger partial charge in [0.1, 0.15) is 6.04 Å². The number of amides is 1. The fraction of sp³-hybridized carbons (Fsp3) is 0.588.